The third-order valence-electron chi connectivity index (χ3n) is 7.16. The zero-order chi connectivity index (χ0) is 28.2. The average molecular weight is 561 g/mol. The number of hydrazine groups is 1. The third kappa shape index (κ3) is 6.69. The second-order valence-corrected chi connectivity index (χ2v) is 11.0. The van der Waals surface area contributed by atoms with Crippen molar-refractivity contribution in [3.05, 3.63) is 77.4 Å². The van der Waals surface area contributed by atoms with Gasteiger partial charge in [0.15, 0.2) is 0 Å². The zero-order valence-electron chi connectivity index (χ0n) is 22.2. The van der Waals surface area contributed by atoms with Crippen LogP contribution in [0.4, 0.5) is 5.69 Å². The van der Waals surface area contributed by atoms with E-state index in [1.807, 2.05) is 60.7 Å². The van der Waals surface area contributed by atoms with Crippen LogP contribution in [0, 0.1) is 11.8 Å². The van der Waals surface area contributed by atoms with Crippen LogP contribution in [-0.2, 0) is 16.1 Å². The van der Waals surface area contributed by atoms with E-state index in [-0.39, 0.29) is 12.3 Å². The lowest BCUT2D eigenvalue weighted by Crippen LogP contribution is -2.57. The number of hydrogen-bond acceptors (Lipinski definition) is 5. The molecule has 208 valence electrons. The molecule has 3 N–H and O–H groups in total. The molecule has 0 radical (unpaired) electrons. The van der Waals surface area contributed by atoms with E-state index < -0.39 is 23.3 Å². The largest absolute Gasteiger partial charge is 0.481 e. The number of hydrogen-bond donors (Lipinski definition) is 3. The maximum atomic E-state index is 12.7. The van der Waals surface area contributed by atoms with Gasteiger partial charge in [0.2, 0.25) is 11.3 Å². The third-order valence-corrected chi connectivity index (χ3v) is 8.08. The second-order valence-electron chi connectivity index (χ2n) is 10.2. The predicted octanol–water partition coefficient (Wildman–Crippen LogP) is 3.47. The van der Waals surface area contributed by atoms with Crippen molar-refractivity contribution in [2.45, 2.75) is 38.3 Å². The van der Waals surface area contributed by atoms with Crippen LogP contribution < -0.4 is 10.2 Å². The molecule has 0 spiro atoms. The SMILES string of the molecule is CC(CC(=O)O)N(N1CCN(c2ccc(C#Cc3ccc4cccc(C(=O)NC5CC5)c4c3)cc2)CC1)S(=O)O. The fraction of sp³-hybridized carbons (Fsp3) is 0.333. The summed E-state index contributed by atoms with van der Waals surface area (Å²) in [4.78, 5) is 26.0. The number of carboxylic acids is 1. The van der Waals surface area contributed by atoms with Gasteiger partial charge in [0.1, 0.15) is 0 Å². The molecule has 2 aliphatic rings. The number of carboxylic acid groups (broad SMARTS) is 1. The first kappa shape index (κ1) is 27.8. The molecule has 5 rings (SSSR count). The normalized spacial score (nSPS) is 17.2. The van der Waals surface area contributed by atoms with Gasteiger partial charge in [0, 0.05) is 60.6 Å². The predicted molar refractivity (Wildman–Crippen MR) is 155 cm³/mol. The Morgan fingerprint density at radius 3 is 2.35 bits per heavy atom. The van der Waals surface area contributed by atoms with Gasteiger partial charge in [-0.2, -0.15) is 0 Å². The summed E-state index contributed by atoms with van der Waals surface area (Å²) in [7, 11) is 0. The first-order chi connectivity index (χ1) is 19.3. The molecule has 1 heterocycles. The van der Waals surface area contributed by atoms with Crippen LogP contribution in [0.2, 0.25) is 0 Å². The summed E-state index contributed by atoms with van der Waals surface area (Å²) in [5, 5.41) is 15.8. The van der Waals surface area contributed by atoms with E-state index in [4.69, 9.17) is 5.11 Å². The molecule has 2 unspecified atom stereocenters. The quantitative estimate of drug-likeness (QED) is 0.286. The molecule has 9 nitrogen and oxygen atoms in total. The van der Waals surface area contributed by atoms with Gasteiger partial charge in [0.25, 0.3) is 5.91 Å². The minimum Gasteiger partial charge on any atom is -0.481 e. The smallest absolute Gasteiger partial charge is 0.305 e. The lowest BCUT2D eigenvalue weighted by Gasteiger charge is -2.41. The highest BCUT2D eigenvalue weighted by Gasteiger charge is 2.30. The monoisotopic (exact) mass is 560 g/mol. The van der Waals surface area contributed by atoms with Crippen LogP contribution in [0.5, 0.6) is 0 Å². The van der Waals surface area contributed by atoms with Gasteiger partial charge < -0.3 is 15.3 Å². The standard InChI is InChI=1S/C30H32N4O5S/c1-21(19-29(35)36)34(40(38)39)33-17-15-32(16-18-33)26-13-8-22(9-14-26)5-6-23-7-10-24-3-2-4-27(28(24)20-23)30(37)31-25-11-12-25/h2-4,7-10,13-14,20-21,25H,11-12,15-19H2,1H3,(H,31,37)(H,35,36)(H,38,39). The summed E-state index contributed by atoms with van der Waals surface area (Å²) in [6.45, 7) is 3.90. The van der Waals surface area contributed by atoms with Crippen molar-refractivity contribution < 1.29 is 23.5 Å². The fourth-order valence-electron chi connectivity index (χ4n) is 4.95. The lowest BCUT2D eigenvalue weighted by atomic mass is 10.0. The first-order valence-corrected chi connectivity index (χ1v) is 14.4. The summed E-state index contributed by atoms with van der Waals surface area (Å²) in [6.07, 6.45) is 1.87. The number of carbonyl (C=O) groups excluding carboxylic acids is 1. The molecule has 40 heavy (non-hydrogen) atoms. The number of piperazine rings is 1. The molecule has 3 aromatic carbocycles. The highest BCUT2D eigenvalue weighted by atomic mass is 32.2. The number of aliphatic carboxylic acids is 1. The molecular weight excluding hydrogens is 528 g/mol. The molecule has 10 heteroatoms. The Labute approximate surface area is 236 Å². The summed E-state index contributed by atoms with van der Waals surface area (Å²) in [5.41, 5.74) is 3.40. The summed E-state index contributed by atoms with van der Waals surface area (Å²) in [5.74, 6) is 5.39. The molecule has 1 saturated carbocycles. The number of benzene rings is 3. The van der Waals surface area contributed by atoms with E-state index in [0.29, 0.717) is 37.8 Å². The first-order valence-electron chi connectivity index (χ1n) is 13.4. The molecule has 1 aliphatic carbocycles. The average Bonchev–Trinajstić information content (AvgIpc) is 3.75. The highest BCUT2D eigenvalue weighted by Crippen LogP contribution is 2.24. The molecule has 1 amide bonds. The lowest BCUT2D eigenvalue weighted by molar-refractivity contribution is -0.139. The van der Waals surface area contributed by atoms with E-state index >= 15 is 0 Å². The maximum absolute atomic E-state index is 12.7. The van der Waals surface area contributed by atoms with Gasteiger partial charge in [-0.05, 0) is 73.0 Å². The van der Waals surface area contributed by atoms with Gasteiger partial charge in [0.05, 0.1) is 6.42 Å². The Balaban J connectivity index is 1.23. The molecule has 2 atom stereocenters. The Kier molecular flexibility index (Phi) is 8.47. The van der Waals surface area contributed by atoms with Crippen molar-refractivity contribution in [3.63, 3.8) is 0 Å². The van der Waals surface area contributed by atoms with Crippen molar-refractivity contribution in [1.82, 2.24) is 14.7 Å². The van der Waals surface area contributed by atoms with Crippen molar-refractivity contribution >= 4 is 39.6 Å². The number of nitrogens with zero attached hydrogens (tertiary/aromatic N) is 3. The van der Waals surface area contributed by atoms with Gasteiger partial charge in [-0.15, -0.1) is 4.41 Å². The maximum Gasteiger partial charge on any atom is 0.305 e. The van der Waals surface area contributed by atoms with Crippen LogP contribution >= 0.6 is 0 Å². The fourth-order valence-corrected chi connectivity index (χ4v) is 5.70. The number of fused-ring (bicyclic) bond motifs is 1. The van der Waals surface area contributed by atoms with Crippen molar-refractivity contribution in [2.75, 3.05) is 31.1 Å². The Morgan fingerprint density at radius 2 is 1.70 bits per heavy atom. The minimum absolute atomic E-state index is 0.0401. The Hall–Kier alpha value is -3.75. The summed E-state index contributed by atoms with van der Waals surface area (Å²) >= 11 is -2.29. The molecule has 1 aliphatic heterocycles. The van der Waals surface area contributed by atoms with Gasteiger partial charge in [-0.1, -0.05) is 30.0 Å². The summed E-state index contributed by atoms with van der Waals surface area (Å²) < 4.78 is 22.9. The van der Waals surface area contributed by atoms with Crippen LogP contribution in [-0.4, -0.2) is 73.4 Å². The topological polar surface area (TPSA) is 113 Å². The molecule has 1 saturated heterocycles. The van der Waals surface area contributed by atoms with Crippen LogP contribution in [0.25, 0.3) is 10.8 Å². The van der Waals surface area contributed by atoms with Crippen molar-refractivity contribution in [1.29, 1.82) is 0 Å². The molecule has 2 fully saturated rings. The van der Waals surface area contributed by atoms with Gasteiger partial charge in [-0.3, -0.25) is 14.1 Å². The Morgan fingerprint density at radius 1 is 1.02 bits per heavy atom. The van der Waals surface area contributed by atoms with E-state index in [1.165, 1.54) is 4.41 Å². The van der Waals surface area contributed by atoms with E-state index in [2.05, 4.69) is 22.1 Å². The number of rotatable bonds is 8. The Bertz CT molecular complexity index is 1490. The van der Waals surface area contributed by atoms with Crippen molar-refractivity contribution in [3.8, 4) is 11.8 Å². The number of anilines is 1. The number of carbonyl (C=O) groups is 2. The molecule has 0 bridgehead atoms. The highest BCUT2D eigenvalue weighted by molar-refractivity contribution is 7.76. The number of nitrogens with one attached hydrogen (secondary N) is 1. The van der Waals surface area contributed by atoms with Crippen molar-refractivity contribution in [2.24, 2.45) is 0 Å². The second kappa shape index (κ2) is 12.2. The molecule has 0 aromatic heterocycles. The minimum atomic E-state index is -2.29. The molecule has 3 aromatic rings. The van der Waals surface area contributed by atoms with Gasteiger partial charge >= 0.3 is 5.97 Å². The summed E-state index contributed by atoms with van der Waals surface area (Å²) in [6, 6.07) is 19.3. The van der Waals surface area contributed by atoms with Crippen LogP contribution in [0.3, 0.4) is 0 Å². The van der Waals surface area contributed by atoms with Crippen LogP contribution in [0.1, 0.15) is 47.7 Å². The number of amides is 1. The van der Waals surface area contributed by atoms with Gasteiger partial charge in [-0.25, -0.2) is 9.22 Å². The van der Waals surface area contributed by atoms with E-state index in [9.17, 15) is 18.4 Å². The van der Waals surface area contributed by atoms with E-state index in [0.717, 1.165) is 40.4 Å². The zero-order valence-corrected chi connectivity index (χ0v) is 23.1. The van der Waals surface area contributed by atoms with E-state index in [1.54, 1.807) is 11.9 Å². The molecular formula is C30H32N4O5S. The van der Waals surface area contributed by atoms with Crippen LogP contribution in [0.15, 0.2) is 60.7 Å².